The Labute approximate surface area is 146 Å². The van der Waals surface area contributed by atoms with Gasteiger partial charge in [-0.15, -0.1) is 0 Å². The van der Waals surface area contributed by atoms with Gasteiger partial charge in [0, 0.05) is 16.2 Å². The van der Waals surface area contributed by atoms with E-state index in [-0.39, 0.29) is 28.3 Å². The Morgan fingerprint density at radius 1 is 0.955 bits per heavy atom. The van der Waals surface area contributed by atoms with Crippen LogP contribution in [0.15, 0.2) is 40.9 Å². The Morgan fingerprint density at radius 2 is 1.59 bits per heavy atom. The van der Waals surface area contributed by atoms with Gasteiger partial charge in [0.15, 0.2) is 0 Å². The standard InChI is InChI=1S/C20H24BrN/c1-18(2)15-9-7-13(17-10-8-14(21)12-22-17)11-16(15)19(3,4)20(18,5)6/h7-12H,1-6H3/i7D,9D,11D. The molecule has 2 aromatic rings. The lowest BCUT2D eigenvalue weighted by Gasteiger charge is -2.44. The Hall–Kier alpha value is -1.15. The van der Waals surface area contributed by atoms with E-state index in [0.29, 0.717) is 17.3 Å². The van der Waals surface area contributed by atoms with E-state index in [1.165, 1.54) is 0 Å². The largest absolute Gasteiger partial charge is 0.255 e. The molecule has 0 fully saturated rings. The second kappa shape index (κ2) is 4.67. The van der Waals surface area contributed by atoms with E-state index in [1.807, 2.05) is 6.07 Å². The van der Waals surface area contributed by atoms with Gasteiger partial charge in [-0.05, 0) is 61.5 Å². The minimum absolute atomic E-state index is 0.0974. The molecule has 3 rings (SSSR count). The van der Waals surface area contributed by atoms with Gasteiger partial charge in [-0.1, -0.05) is 53.6 Å². The zero-order chi connectivity index (χ0) is 18.9. The molecule has 0 unspecified atom stereocenters. The van der Waals surface area contributed by atoms with Gasteiger partial charge in [-0.2, -0.15) is 0 Å². The van der Waals surface area contributed by atoms with Crippen molar-refractivity contribution in [2.75, 3.05) is 0 Å². The first-order valence-corrected chi connectivity index (χ1v) is 8.41. The number of hydrogen-bond donors (Lipinski definition) is 0. The van der Waals surface area contributed by atoms with Crippen LogP contribution in [-0.2, 0) is 10.8 Å². The topological polar surface area (TPSA) is 12.9 Å². The maximum absolute atomic E-state index is 8.91. The molecule has 0 bridgehead atoms. The van der Waals surface area contributed by atoms with Crippen molar-refractivity contribution in [2.24, 2.45) is 5.41 Å². The van der Waals surface area contributed by atoms with E-state index < -0.39 is 0 Å². The van der Waals surface area contributed by atoms with Crippen molar-refractivity contribution in [1.82, 2.24) is 4.98 Å². The van der Waals surface area contributed by atoms with Crippen LogP contribution in [0, 0.1) is 5.41 Å². The first-order valence-electron chi connectivity index (χ1n) is 9.12. The van der Waals surface area contributed by atoms with Crippen molar-refractivity contribution in [3.05, 3.63) is 52.1 Å². The normalized spacial score (nSPS) is 22.6. The third-order valence-corrected chi connectivity index (χ3v) is 6.64. The van der Waals surface area contributed by atoms with Gasteiger partial charge in [-0.25, -0.2) is 0 Å². The first kappa shape index (κ1) is 12.3. The minimum Gasteiger partial charge on any atom is -0.255 e. The number of hydrogen-bond acceptors (Lipinski definition) is 1. The highest BCUT2D eigenvalue weighted by Crippen LogP contribution is 2.61. The SMILES string of the molecule is [2H]c1c([2H])c2c(c([2H])c1-c1ccc(Br)cn1)C(C)(C)C(C)(C)C2(C)C. The third-order valence-electron chi connectivity index (χ3n) is 6.17. The maximum atomic E-state index is 8.91. The lowest BCUT2D eigenvalue weighted by atomic mass is 9.59. The summed E-state index contributed by atoms with van der Waals surface area (Å²) in [4.78, 5) is 4.39. The molecule has 0 amide bonds. The van der Waals surface area contributed by atoms with Gasteiger partial charge < -0.3 is 0 Å². The average molecular weight is 361 g/mol. The number of benzene rings is 1. The number of aromatic nitrogens is 1. The fraction of sp³-hybridized carbons (Fsp3) is 0.450. The molecule has 0 aliphatic heterocycles. The van der Waals surface area contributed by atoms with Gasteiger partial charge in [0.1, 0.15) is 0 Å². The lowest BCUT2D eigenvalue weighted by molar-refractivity contribution is 0.125. The summed E-state index contributed by atoms with van der Waals surface area (Å²) in [5.74, 6) is 0. The summed E-state index contributed by atoms with van der Waals surface area (Å²) in [6.07, 6.45) is 1.67. The van der Waals surface area contributed by atoms with Crippen LogP contribution in [0.25, 0.3) is 11.3 Å². The highest BCUT2D eigenvalue weighted by molar-refractivity contribution is 9.10. The van der Waals surface area contributed by atoms with Crippen molar-refractivity contribution in [1.29, 1.82) is 0 Å². The molecule has 0 radical (unpaired) electrons. The molecule has 2 heteroatoms. The lowest BCUT2D eigenvalue weighted by Crippen LogP contribution is -2.42. The summed E-state index contributed by atoms with van der Waals surface area (Å²) >= 11 is 3.37. The van der Waals surface area contributed by atoms with Crippen LogP contribution < -0.4 is 0 Å². The van der Waals surface area contributed by atoms with E-state index in [0.717, 1.165) is 15.6 Å². The number of rotatable bonds is 1. The Morgan fingerprint density at radius 3 is 2.18 bits per heavy atom. The molecule has 22 heavy (non-hydrogen) atoms. The minimum atomic E-state index is -0.291. The van der Waals surface area contributed by atoms with Crippen LogP contribution in [0.3, 0.4) is 0 Å². The van der Waals surface area contributed by atoms with Crippen LogP contribution in [0.2, 0.25) is 0 Å². The van der Waals surface area contributed by atoms with Crippen LogP contribution in [0.4, 0.5) is 0 Å². The predicted molar refractivity (Wildman–Crippen MR) is 97.2 cm³/mol. The van der Waals surface area contributed by atoms with Crippen molar-refractivity contribution in [2.45, 2.75) is 52.4 Å². The van der Waals surface area contributed by atoms with Crippen LogP contribution in [0.5, 0.6) is 0 Å². The average Bonchev–Trinajstić information content (AvgIpc) is 2.62. The van der Waals surface area contributed by atoms with Gasteiger partial charge in [0.05, 0.1) is 9.81 Å². The van der Waals surface area contributed by atoms with Crippen molar-refractivity contribution >= 4 is 15.9 Å². The highest BCUT2D eigenvalue weighted by atomic mass is 79.9. The smallest absolute Gasteiger partial charge is 0.0702 e. The summed E-state index contributed by atoms with van der Waals surface area (Å²) in [7, 11) is 0. The monoisotopic (exact) mass is 360 g/mol. The number of nitrogens with zero attached hydrogens (tertiary/aromatic N) is 1. The predicted octanol–water partition coefficient (Wildman–Crippen LogP) is 6.11. The zero-order valence-electron chi connectivity index (χ0n) is 17.1. The van der Waals surface area contributed by atoms with E-state index in [4.69, 9.17) is 4.11 Å². The summed E-state index contributed by atoms with van der Waals surface area (Å²) in [6, 6.07) is 4.33. The fourth-order valence-electron chi connectivity index (χ4n) is 3.40. The number of pyridine rings is 1. The molecule has 1 heterocycles. The summed E-state index contributed by atoms with van der Waals surface area (Å²) in [6.45, 7) is 13.0. The summed E-state index contributed by atoms with van der Waals surface area (Å²) in [5.41, 5.74) is 2.05. The van der Waals surface area contributed by atoms with Crippen molar-refractivity contribution in [3.63, 3.8) is 0 Å². The van der Waals surface area contributed by atoms with E-state index in [9.17, 15) is 0 Å². The summed E-state index contributed by atoms with van der Waals surface area (Å²) in [5, 5.41) is 0. The van der Waals surface area contributed by atoms with E-state index in [1.54, 1.807) is 12.3 Å². The number of fused-ring (bicyclic) bond motifs is 1. The molecule has 0 saturated heterocycles. The van der Waals surface area contributed by atoms with Crippen molar-refractivity contribution < 1.29 is 4.11 Å². The van der Waals surface area contributed by atoms with E-state index in [2.05, 4.69) is 62.5 Å². The van der Waals surface area contributed by atoms with Gasteiger partial charge >= 0.3 is 0 Å². The molecule has 1 aromatic heterocycles. The Kier molecular flexibility index (Phi) is 2.61. The molecule has 1 aliphatic rings. The molecule has 0 N–H and O–H groups in total. The summed E-state index contributed by atoms with van der Waals surface area (Å²) < 4.78 is 27.0. The number of halogens is 1. The maximum Gasteiger partial charge on any atom is 0.0702 e. The van der Waals surface area contributed by atoms with E-state index >= 15 is 0 Å². The highest BCUT2D eigenvalue weighted by Gasteiger charge is 2.56. The van der Waals surface area contributed by atoms with Crippen LogP contribution in [0.1, 0.15) is 56.8 Å². The molecular weight excluding hydrogens is 334 g/mol. The molecular formula is C20H24BrN. The zero-order valence-corrected chi connectivity index (χ0v) is 15.6. The molecule has 116 valence electrons. The molecule has 0 spiro atoms. The second-order valence-corrected chi connectivity index (χ2v) is 8.65. The van der Waals surface area contributed by atoms with Crippen LogP contribution >= 0.6 is 15.9 Å². The Balaban J connectivity index is 2.44. The third kappa shape index (κ3) is 1.93. The van der Waals surface area contributed by atoms with Crippen molar-refractivity contribution in [3.8, 4) is 11.3 Å². The molecule has 1 aliphatic carbocycles. The molecule has 0 saturated carbocycles. The quantitative estimate of drug-likeness (QED) is 0.597. The van der Waals surface area contributed by atoms with Gasteiger partial charge in [0.2, 0.25) is 0 Å². The molecule has 1 aromatic carbocycles. The van der Waals surface area contributed by atoms with Crippen LogP contribution in [-0.4, -0.2) is 4.98 Å². The first-order chi connectivity index (χ1) is 11.4. The van der Waals surface area contributed by atoms with Gasteiger partial charge in [0.25, 0.3) is 0 Å². The fourth-order valence-corrected chi connectivity index (χ4v) is 3.64. The second-order valence-electron chi connectivity index (χ2n) is 7.74. The Bertz CT molecular complexity index is 868. The van der Waals surface area contributed by atoms with Gasteiger partial charge in [-0.3, -0.25) is 4.98 Å². The molecule has 0 atom stereocenters. The molecule has 1 nitrogen and oxygen atoms in total.